The van der Waals surface area contributed by atoms with Gasteiger partial charge in [-0.1, -0.05) is 83.3 Å². The van der Waals surface area contributed by atoms with E-state index in [0.717, 1.165) is 36.2 Å². The van der Waals surface area contributed by atoms with E-state index in [4.69, 9.17) is 4.74 Å². The van der Waals surface area contributed by atoms with Crippen LogP contribution in [0.1, 0.15) is 114 Å². The molecule has 0 N–H and O–H groups in total. The molecular weight excluding hydrogens is 504 g/mol. The summed E-state index contributed by atoms with van der Waals surface area (Å²) < 4.78 is 63.1. The molecule has 2 aliphatic rings. The Kier molecular flexibility index (Phi) is 11.0. The van der Waals surface area contributed by atoms with Crippen molar-refractivity contribution in [3.63, 3.8) is 0 Å². The monoisotopic (exact) mass is 548 g/mol. The molecule has 6 heteroatoms. The van der Waals surface area contributed by atoms with Gasteiger partial charge in [0.15, 0.2) is 0 Å². The Morgan fingerprint density at radius 2 is 1.21 bits per heavy atom. The predicted octanol–water partition coefficient (Wildman–Crippen LogP) is 10.9. The summed E-state index contributed by atoms with van der Waals surface area (Å²) in [5, 5.41) is 0. The number of benzene rings is 2. The van der Waals surface area contributed by atoms with Gasteiger partial charge in [0.05, 0.1) is 5.56 Å². The molecule has 0 heterocycles. The number of halogens is 4. The van der Waals surface area contributed by atoms with Gasteiger partial charge >= 0.3 is 12.7 Å². The van der Waals surface area contributed by atoms with Crippen LogP contribution in [-0.2, 0) is 6.11 Å². The van der Waals surface area contributed by atoms with Gasteiger partial charge in [0, 0.05) is 0 Å². The lowest BCUT2D eigenvalue weighted by Gasteiger charge is -2.32. The van der Waals surface area contributed by atoms with Crippen LogP contribution in [-0.4, -0.2) is 6.61 Å². The first-order valence-corrected chi connectivity index (χ1v) is 15.0. The van der Waals surface area contributed by atoms with Gasteiger partial charge in [0.2, 0.25) is 0 Å². The van der Waals surface area contributed by atoms with Gasteiger partial charge in [-0.05, 0) is 91.3 Å². The van der Waals surface area contributed by atoms with Gasteiger partial charge in [0.25, 0.3) is 0 Å². The first-order chi connectivity index (χ1) is 18.8. The molecule has 216 valence electrons. The molecule has 2 saturated carbocycles. The van der Waals surface area contributed by atoms with Crippen molar-refractivity contribution in [2.24, 2.45) is 17.8 Å². The summed E-state index contributed by atoms with van der Waals surface area (Å²) in [6.45, 7) is -0.690. The summed E-state index contributed by atoms with van der Waals surface area (Å²) in [5.74, 6) is 2.89. The molecule has 0 radical (unpaired) electrons. The largest absolute Gasteiger partial charge is 0.435 e. The van der Waals surface area contributed by atoms with E-state index < -0.39 is 12.7 Å². The number of hydrogen-bond donors (Lipinski definition) is 0. The van der Waals surface area contributed by atoms with Crippen LogP contribution in [0.4, 0.5) is 17.6 Å². The number of ether oxygens (including phenoxy) is 2. The molecule has 39 heavy (non-hydrogen) atoms. The summed E-state index contributed by atoms with van der Waals surface area (Å²) in [6, 6.07) is 11.2. The molecule has 0 bridgehead atoms. The zero-order chi connectivity index (χ0) is 27.7. The highest BCUT2D eigenvalue weighted by atomic mass is 19.3. The zero-order valence-corrected chi connectivity index (χ0v) is 23.2. The molecule has 0 aromatic heterocycles. The maximum atomic E-state index is 14.7. The molecule has 2 fully saturated rings. The second kappa shape index (κ2) is 14.4. The third kappa shape index (κ3) is 9.14. The van der Waals surface area contributed by atoms with Crippen molar-refractivity contribution in [1.82, 2.24) is 0 Å². The first kappa shape index (κ1) is 29.7. The fraction of sp³-hybridized carbons (Fsp3) is 0.636. The van der Waals surface area contributed by atoms with Crippen LogP contribution in [0, 0.1) is 17.8 Å². The Morgan fingerprint density at radius 1 is 0.692 bits per heavy atom. The SMILES string of the molecule is CCCCC[C@H]1CC[C@H](CCC2CCC(c3ccc(C(F)(F)Oc4ccc(OC(F)F)cc4)cc3)CC2)CC1. The van der Waals surface area contributed by atoms with Crippen molar-refractivity contribution in [2.75, 3.05) is 0 Å². The highest BCUT2D eigenvalue weighted by Crippen LogP contribution is 2.41. The minimum atomic E-state index is -3.53. The van der Waals surface area contributed by atoms with E-state index in [-0.39, 0.29) is 17.1 Å². The van der Waals surface area contributed by atoms with E-state index >= 15 is 0 Å². The van der Waals surface area contributed by atoms with Crippen LogP contribution in [0.2, 0.25) is 0 Å². The third-order valence-corrected chi connectivity index (χ3v) is 9.03. The Hall–Kier alpha value is -2.24. The lowest BCUT2D eigenvalue weighted by molar-refractivity contribution is -0.185. The lowest BCUT2D eigenvalue weighted by atomic mass is 9.74. The number of hydrogen-bond acceptors (Lipinski definition) is 2. The third-order valence-electron chi connectivity index (χ3n) is 9.03. The Bertz CT molecular complexity index is 960. The molecule has 0 saturated heterocycles. The highest BCUT2D eigenvalue weighted by Gasteiger charge is 2.35. The molecular formula is C33H44F4O2. The summed E-state index contributed by atoms with van der Waals surface area (Å²) in [4.78, 5) is 0. The summed E-state index contributed by atoms with van der Waals surface area (Å²) in [6.07, 6.45) is 15.1. The lowest BCUT2D eigenvalue weighted by Crippen LogP contribution is -2.22. The molecule has 2 aliphatic carbocycles. The van der Waals surface area contributed by atoms with Gasteiger partial charge < -0.3 is 9.47 Å². The van der Waals surface area contributed by atoms with Crippen molar-refractivity contribution in [2.45, 2.75) is 115 Å². The Labute approximate surface area is 231 Å². The topological polar surface area (TPSA) is 18.5 Å². The van der Waals surface area contributed by atoms with Gasteiger partial charge in [-0.25, -0.2) is 0 Å². The van der Waals surface area contributed by atoms with Gasteiger partial charge in [-0.2, -0.15) is 17.6 Å². The van der Waals surface area contributed by atoms with Crippen LogP contribution in [0.3, 0.4) is 0 Å². The van der Waals surface area contributed by atoms with Crippen LogP contribution >= 0.6 is 0 Å². The molecule has 2 nitrogen and oxygen atoms in total. The fourth-order valence-corrected chi connectivity index (χ4v) is 6.59. The molecule has 4 rings (SSSR count). The zero-order valence-electron chi connectivity index (χ0n) is 23.2. The van der Waals surface area contributed by atoms with E-state index in [2.05, 4.69) is 11.7 Å². The fourth-order valence-electron chi connectivity index (χ4n) is 6.59. The van der Waals surface area contributed by atoms with Crippen molar-refractivity contribution >= 4 is 0 Å². The predicted molar refractivity (Wildman–Crippen MR) is 148 cm³/mol. The average Bonchev–Trinajstić information content (AvgIpc) is 2.94. The molecule has 2 aromatic carbocycles. The van der Waals surface area contributed by atoms with Gasteiger partial charge in [-0.3, -0.25) is 0 Å². The van der Waals surface area contributed by atoms with Crippen molar-refractivity contribution in [3.8, 4) is 11.5 Å². The first-order valence-electron chi connectivity index (χ1n) is 15.0. The average molecular weight is 549 g/mol. The molecule has 0 unspecified atom stereocenters. The summed E-state index contributed by atoms with van der Waals surface area (Å²) in [5.41, 5.74) is 0.885. The summed E-state index contributed by atoms with van der Waals surface area (Å²) in [7, 11) is 0. The molecule has 0 spiro atoms. The van der Waals surface area contributed by atoms with Crippen LogP contribution in [0.5, 0.6) is 11.5 Å². The van der Waals surface area contributed by atoms with Crippen molar-refractivity contribution in [3.05, 3.63) is 59.7 Å². The highest BCUT2D eigenvalue weighted by molar-refractivity contribution is 5.33. The van der Waals surface area contributed by atoms with Crippen molar-refractivity contribution < 1.29 is 27.0 Å². The van der Waals surface area contributed by atoms with Crippen LogP contribution in [0.15, 0.2) is 48.5 Å². The van der Waals surface area contributed by atoms with Crippen molar-refractivity contribution in [1.29, 1.82) is 0 Å². The normalized spacial score (nSPS) is 24.1. The van der Waals surface area contributed by atoms with Crippen LogP contribution in [0.25, 0.3) is 0 Å². The van der Waals surface area contributed by atoms with Gasteiger partial charge in [-0.15, -0.1) is 0 Å². The Balaban J connectivity index is 1.18. The minimum absolute atomic E-state index is 0.111. The summed E-state index contributed by atoms with van der Waals surface area (Å²) >= 11 is 0. The molecule has 0 atom stereocenters. The number of unbranched alkanes of at least 4 members (excludes halogenated alkanes) is 2. The Morgan fingerprint density at radius 3 is 1.74 bits per heavy atom. The quantitative estimate of drug-likeness (QED) is 0.183. The number of rotatable bonds is 13. The standard InChI is InChI=1S/C33H44F4O2/c1-2-3-4-5-24-6-8-25(9-7-24)10-11-26-12-14-27(15-13-26)28-16-18-29(19-17-28)33(36,37)39-31-22-20-30(21-23-31)38-32(34)35/h16-27,32H,2-15H2,1H3/t24-,25-,26?,27?. The second-order valence-corrected chi connectivity index (χ2v) is 11.8. The molecule has 0 aliphatic heterocycles. The van der Waals surface area contributed by atoms with E-state index in [0.29, 0.717) is 5.92 Å². The van der Waals surface area contributed by atoms with Gasteiger partial charge in [0.1, 0.15) is 11.5 Å². The smallest absolute Gasteiger partial charge is 0.426 e. The second-order valence-electron chi connectivity index (χ2n) is 11.8. The number of alkyl halides is 4. The van der Waals surface area contributed by atoms with E-state index in [1.165, 1.54) is 113 Å². The molecule has 2 aromatic rings. The van der Waals surface area contributed by atoms with E-state index in [1.54, 1.807) is 12.1 Å². The molecule has 0 amide bonds. The van der Waals surface area contributed by atoms with E-state index in [1.807, 2.05) is 0 Å². The maximum Gasteiger partial charge on any atom is 0.426 e. The maximum absolute atomic E-state index is 14.7. The van der Waals surface area contributed by atoms with E-state index in [9.17, 15) is 17.6 Å². The minimum Gasteiger partial charge on any atom is -0.435 e. The van der Waals surface area contributed by atoms with Crippen LogP contribution < -0.4 is 9.47 Å².